The van der Waals surface area contributed by atoms with Crippen LogP contribution in [0.5, 0.6) is 0 Å². The van der Waals surface area contributed by atoms with E-state index in [1.165, 1.54) is 13.8 Å². The first-order chi connectivity index (χ1) is 14.1. The van der Waals surface area contributed by atoms with Crippen LogP contribution in [-0.4, -0.2) is 50.5 Å². The number of primary amides is 1. The molecule has 0 aliphatic carbocycles. The van der Waals surface area contributed by atoms with E-state index < -0.39 is 30.2 Å². The Morgan fingerprint density at radius 1 is 1.20 bits per heavy atom. The fourth-order valence-corrected chi connectivity index (χ4v) is 2.18. The predicted molar refractivity (Wildman–Crippen MR) is 105 cm³/mol. The molecule has 3 atom stereocenters. The Morgan fingerprint density at radius 3 is 2.33 bits per heavy atom. The van der Waals surface area contributed by atoms with Crippen molar-refractivity contribution in [2.75, 3.05) is 0 Å². The van der Waals surface area contributed by atoms with E-state index in [0.29, 0.717) is 6.42 Å². The van der Waals surface area contributed by atoms with Crippen LogP contribution >= 0.6 is 0 Å². The molecule has 0 aliphatic heterocycles. The smallest absolute Gasteiger partial charge is 0.328 e. The highest BCUT2D eigenvalue weighted by molar-refractivity contribution is 5.82. The number of aliphatic hydroxyl groups is 1. The van der Waals surface area contributed by atoms with Gasteiger partial charge in [0.2, 0.25) is 17.7 Å². The van der Waals surface area contributed by atoms with Crippen LogP contribution in [0.3, 0.4) is 0 Å². The van der Waals surface area contributed by atoms with Crippen molar-refractivity contribution in [1.29, 1.82) is 0 Å². The monoisotopic (exact) mass is 422 g/mol. The predicted octanol–water partition coefficient (Wildman–Crippen LogP) is -0.563. The molecule has 2 rings (SSSR count). The van der Waals surface area contributed by atoms with Gasteiger partial charge in [0.15, 0.2) is 6.04 Å². The second-order valence-electron chi connectivity index (χ2n) is 6.32. The Labute approximate surface area is 172 Å². The number of benzene rings is 1. The van der Waals surface area contributed by atoms with E-state index in [2.05, 4.69) is 26.6 Å². The van der Waals surface area contributed by atoms with Crippen LogP contribution in [0.25, 0.3) is 0 Å². The van der Waals surface area contributed by atoms with Crippen LogP contribution in [-0.2, 0) is 22.6 Å². The summed E-state index contributed by atoms with van der Waals surface area (Å²) in [4.78, 5) is 31.9. The molecule has 3 unspecified atom stereocenters. The van der Waals surface area contributed by atoms with Gasteiger partial charge in [-0.1, -0.05) is 30.3 Å². The van der Waals surface area contributed by atoms with E-state index in [-0.39, 0.29) is 24.2 Å². The van der Waals surface area contributed by atoms with Crippen LogP contribution in [0.1, 0.15) is 37.2 Å². The Kier molecular flexibility index (Phi) is 9.92. The number of aliphatic hydroxyl groups excluding tert-OH is 1. The number of carboxylic acid groups (broad SMARTS) is 1. The number of nitrogens with two attached hydrogens (primary N) is 2. The first-order valence-corrected chi connectivity index (χ1v) is 8.93. The first-order valence-electron chi connectivity index (χ1n) is 8.93. The van der Waals surface area contributed by atoms with Gasteiger partial charge in [0.25, 0.3) is 0 Å². The highest BCUT2D eigenvalue weighted by atomic mass is 16.4. The lowest BCUT2D eigenvalue weighted by Gasteiger charge is -2.16. The number of urea groups is 1. The largest absolute Gasteiger partial charge is 0.480 e. The van der Waals surface area contributed by atoms with Crippen molar-refractivity contribution in [3.63, 3.8) is 0 Å². The lowest BCUT2D eigenvalue weighted by molar-refractivity contribution is -0.141. The number of nitrogens with one attached hydrogen (secondary N) is 2. The van der Waals surface area contributed by atoms with Gasteiger partial charge < -0.3 is 36.7 Å². The fourth-order valence-electron chi connectivity index (χ4n) is 2.18. The molecule has 1 aromatic heterocycles. The molecule has 8 N–H and O–H groups in total. The molecular formula is C18H26N6O6. The Bertz CT molecular complexity index is 822. The summed E-state index contributed by atoms with van der Waals surface area (Å²) in [6.45, 7) is 2.46. The molecule has 0 bridgehead atoms. The Balaban J connectivity index is 0.00000103. The molecule has 12 heteroatoms. The molecule has 164 valence electrons. The van der Waals surface area contributed by atoms with Gasteiger partial charge in [-0.05, 0) is 18.9 Å². The quantitative estimate of drug-likeness (QED) is 0.322. The number of carboxylic acids is 1. The summed E-state index contributed by atoms with van der Waals surface area (Å²) in [7, 11) is 0. The molecule has 30 heavy (non-hydrogen) atoms. The van der Waals surface area contributed by atoms with Gasteiger partial charge >= 0.3 is 12.0 Å². The number of aromatic nitrogens is 2. The van der Waals surface area contributed by atoms with E-state index in [9.17, 15) is 19.5 Å². The molecular weight excluding hydrogens is 396 g/mol. The van der Waals surface area contributed by atoms with E-state index >= 15 is 0 Å². The summed E-state index contributed by atoms with van der Waals surface area (Å²) in [6.07, 6.45) is -0.727. The van der Waals surface area contributed by atoms with Crippen molar-refractivity contribution < 1.29 is 29.0 Å². The SMILES string of the molecule is CC(N)=O.CC(O)C(NC(=O)NCc1nnc(C(N)Cc2ccccc2)o1)C(=O)O. The van der Waals surface area contributed by atoms with Crippen LogP contribution < -0.4 is 22.1 Å². The summed E-state index contributed by atoms with van der Waals surface area (Å²) >= 11 is 0. The normalized spacial score (nSPS) is 13.2. The van der Waals surface area contributed by atoms with Gasteiger partial charge in [-0.2, -0.15) is 0 Å². The van der Waals surface area contributed by atoms with Crippen LogP contribution in [0.2, 0.25) is 0 Å². The van der Waals surface area contributed by atoms with E-state index in [0.717, 1.165) is 5.56 Å². The van der Waals surface area contributed by atoms with E-state index in [1.54, 1.807) is 0 Å². The molecule has 1 aromatic carbocycles. The zero-order valence-corrected chi connectivity index (χ0v) is 16.6. The zero-order chi connectivity index (χ0) is 22.7. The lowest BCUT2D eigenvalue weighted by atomic mass is 10.1. The number of carbonyl (C=O) groups is 3. The molecule has 0 saturated carbocycles. The average Bonchev–Trinajstić information content (AvgIpc) is 3.13. The molecule has 0 radical (unpaired) electrons. The molecule has 3 amide bonds. The Hall–Kier alpha value is -3.51. The third kappa shape index (κ3) is 9.12. The van der Waals surface area contributed by atoms with Crippen LogP contribution in [0.15, 0.2) is 34.7 Å². The molecule has 2 aromatic rings. The van der Waals surface area contributed by atoms with Crippen LogP contribution in [0, 0.1) is 0 Å². The van der Waals surface area contributed by atoms with Gasteiger partial charge in [0.1, 0.15) is 0 Å². The van der Waals surface area contributed by atoms with Gasteiger partial charge in [0, 0.05) is 6.92 Å². The molecule has 0 saturated heterocycles. The number of nitrogens with zero attached hydrogens (tertiary/aromatic N) is 2. The summed E-state index contributed by atoms with van der Waals surface area (Å²) in [5, 5.41) is 30.4. The first kappa shape index (κ1) is 24.5. The number of rotatable bonds is 8. The third-order valence-electron chi connectivity index (χ3n) is 3.53. The van der Waals surface area contributed by atoms with Crippen molar-refractivity contribution in [1.82, 2.24) is 20.8 Å². The highest BCUT2D eigenvalue weighted by Crippen LogP contribution is 2.14. The van der Waals surface area contributed by atoms with Gasteiger partial charge in [-0.3, -0.25) is 4.79 Å². The fraction of sp³-hybridized carbons (Fsp3) is 0.389. The number of hydrogen-bond acceptors (Lipinski definition) is 8. The summed E-state index contributed by atoms with van der Waals surface area (Å²) in [5.74, 6) is -1.32. The third-order valence-corrected chi connectivity index (χ3v) is 3.53. The number of hydrogen-bond donors (Lipinski definition) is 6. The Morgan fingerprint density at radius 2 is 1.80 bits per heavy atom. The second kappa shape index (κ2) is 12.1. The maximum Gasteiger partial charge on any atom is 0.328 e. The minimum absolute atomic E-state index is 0.108. The van der Waals surface area contributed by atoms with E-state index in [1.807, 2.05) is 30.3 Å². The van der Waals surface area contributed by atoms with Crippen molar-refractivity contribution in [3.8, 4) is 0 Å². The topological polar surface area (TPSA) is 207 Å². The average molecular weight is 422 g/mol. The summed E-state index contributed by atoms with van der Waals surface area (Å²) < 4.78 is 5.41. The maximum absolute atomic E-state index is 11.7. The second-order valence-corrected chi connectivity index (χ2v) is 6.32. The van der Waals surface area contributed by atoms with E-state index in [4.69, 9.17) is 15.3 Å². The van der Waals surface area contributed by atoms with Crippen molar-refractivity contribution in [2.24, 2.45) is 11.5 Å². The van der Waals surface area contributed by atoms with Gasteiger partial charge in [0.05, 0.1) is 18.7 Å². The maximum atomic E-state index is 11.7. The number of amides is 3. The van der Waals surface area contributed by atoms with Crippen LogP contribution in [0.4, 0.5) is 4.79 Å². The summed E-state index contributed by atoms with van der Waals surface area (Å²) in [5.41, 5.74) is 11.5. The molecule has 0 aliphatic rings. The minimum Gasteiger partial charge on any atom is -0.480 e. The summed E-state index contributed by atoms with van der Waals surface area (Å²) in [6, 6.07) is 6.89. The van der Waals surface area contributed by atoms with Gasteiger partial charge in [-0.25, -0.2) is 9.59 Å². The molecule has 1 heterocycles. The standard InChI is InChI=1S/C16H21N5O5.C2H5NO/c1-9(22)13(15(23)24)19-16(25)18-8-12-20-21-14(26-12)11(17)7-10-5-3-2-4-6-10;1-2(3)4/h2-6,9,11,13,22H,7-8,17H2,1H3,(H,23,24)(H2,18,19,25);1H3,(H2,3,4). The number of aliphatic carboxylic acids is 1. The van der Waals surface area contributed by atoms with Gasteiger partial charge in [-0.15, -0.1) is 10.2 Å². The zero-order valence-electron chi connectivity index (χ0n) is 16.6. The molecule has 12 nitrogen and oxygen atoms in total. The minimum atomic E-state index is -1.42. The van der Waals surface area contributed by atoms with Crippen molar-refractivity contribution >= 4 is 17.9 Å². The lowest BCUT2D eigenvalue weighted by Crippen LogP contribution is -2.51. The van der Waals surface area contributed by atoms with Crippen molar-refractivity contribution in [2.45, 2.75) is 45.0 Å². The molecule has 0 fully saturated rings. The highest BCUT2D eigenvalue weighted by Gasteiger charge is 2.25. The van der Waals surface area contributed by atoms with Crippen molar-refractivity contribution in [3.05, 3.63) is 47.7 Å². The number of carbonyl (C=O) groups excluding carboxylic acids is 2. The molecule has 0 spiro atoms.